The zero-order valence-electron chi connectivity index (χ0n) is 25.3. The second kappa shape index (κ2) is 14.8. The Bertz CT molecular complexity index is 1820. The Kier molecular flexibility index (Phi) is 10.8. The van der Waals surface area contributed by atoms with Crippen molar-refractivity contribution in [3.05, 3.63) is 77.1 Å². The lowest BCUT2D eigenvalue weighted by atomic mass is 10.0. The van der Waals surface area contributed by atoms with Crippen LogP contribution in [-0.4, -0.2) is 66.6 Å². The summed E-state index contributed by atoms with van der Waals surface area (Å²) >= 11 is 5.71. The number of benzene rings is 1. The highest BCUT2D eigenvalue weighted by Gasteiger charge is 2.23. The average Bonchev–Trinajstić information content (AvgIpc) is 3.67. The minimum Gasteiger partial charge on any atom is -0.388 e. The van der Waals surface area contributed by atoms with Gasteiger partial charge in [0.15, 0.2) is 0 Å². The zero-order chi connectivity index (χ0) is 33.5. The molecule has 16 heteroatoms. The molecule has 1 aromatic carbocycles. The second-order valence-corrected chi connectivity index (χ2v) is 12.2. The number of hydrogen-bond acceptors (Lipinski definition) is 6. The van der Waals surface area contributed by atoms with Crippen LogP contribution in [0.1, 0.15) is 49.0 Å². The fourth-order valence-electron chi connectivity index (χ4n) is 4.80. The van der Waals surface area contributed by atoms with E-state index in [1.54, 1.807) is 62.1 Å². The topological polar surface area (TPSA) is 209 Å². The lowest BCUT2D eigenvalue weighted by Crippen LogP contribution is -2.28. The van der Waals surface area contributed by atoms with E-state index in [1.165, 1.54) is 16.9 Å². The smallest absolute Gasteiger partial charge is 0.274 e. The van der Waals surface area contributed by atoms with Gasteiger partial charge in [-0.3, -0.25) is 38.9 Å². The summed E-state index contributed by atoms with van der Waals surface area (Å²) < 4.78 is 15.1. The van der Waals surface area contributed by atoms with Crippen molar-refractivity contribution in [2.75, 3.05) is 34.2 Å². The van der Waals surface area contributed by atoms with Gasteiger partial charge in [0.1, 0.15) is 17.1 Å². The molecule has 0 bridgehead atoms. The van der Waals surface area contributed by atoms with Gasteiger partial charge in [0.25, 0.3) is 17.7 Å². The van der Waals surface area contributed by atoms with Crippen molar-refractivity contribution in [1.82, 2.24) is 19.5 Å². The van der Waals surface area contributed by atoms with E-state index in [4.69, 9.17) is 22.7 Å². The number of aromatic amines is 1. The first-order chi connectivity index (χ1) is 21.9. The number of amides is 4. The molecule has 0 aliphatic heterocycles. The van der Waals surface area contributed by atoms with Gasteiger partial charge in [-0.2, -0.15) is 0 Å². The van der Waals surface area contributed by atoms with E-state index in [9.17, 15) is 23.4 Å². The zero-order valence-corrected chi connectivity index (χ0v) is 26.9. The van der Waals surface area contributed by atoms with Crippen molar-refractivity contribution in [2.45, 2.75) is 25.2 Å². The highest BCUT2D eigenvalue weighted by molar-refractivity contribution is 7.85. The summed E-state index contributed by atoms with van der Waals surface area (Å²) in [6.45, 7) is 3.63. The van der Waals surface area contributed by atoms with Gasteiger partial charge < -0.3 is 31.2 Å². The molecular weight excluding hydrogens is 634 g/mol. The molecule has 0 saturated heterocycles. The Morgan fingerprint density at radius 2 is 1.78 bits per heavy atom. The van der Waals surface area contributed by atoms with Gasteiger partial charge in [-0.25, -0.2) is 0 Å². The number of aryl methyl sites for hydroxylation is 1. The summed E-state index contributed by atoms with van der Waals surface area (Å²) in [5, 5.41) is 15.5. The van der Waals surface area contributed by atoms with E-state index in [0.29, 0.717) is 45.1 Å². The fourth-order valence-corrected chi connectivity index (χ4v) is 6.03. The molecule has 3 aromatic heterocycles. The molecule has 242 valence electrons. The van der Waals surface area contributed by atoms with Crippen molar-refractivity contribution >= 4 is 63.7 Å². The molecule has 3 heterocycles. The molecular formula is C30H34ClN9O5S. The Morgan fingerprint density at radius 1 is 1.07 bits per heavy atom. The molecule has 0 saturated carbocycles. The van der Waals surface area contributed by atoms with Crippen LogP contribution in [-0.2, 0) is 22.6 Å². The number of nitrogens with zero attached hydrogens (tertiary/aromatic N) is 2. The quantitative estimate of drug-likeness (QED) is 0.0465. The molecule has 0 spiro atoms. The maximum atomic E-state index is 13.5. The number of carbonyl (C=O) groups excluding carboxylic acids is 4. The number of halogens is 1. The molecule has 1 unspecified atom stereocenters. The van der Waals surface area contributed by atoms with Crippen molar-refractivity contribution in [1.29, 1.82) is 5.41 Å². The predicted octanol–water partition coefficient (Wildman–Crippen LogP) is 3.05. The van der Waals surface area contributed by atoms with Crippen LogP contribution in [0.4, 0.5) is 11.4 Å². The Balaban J connectivity index is 1.50. The van der Waals surface area contributed by atoms with Crippen LogP contribution >= 0.6 is 11.6 Å². The van der Waals surface area contributed by atoms with E-state index >= 15 is 0 Å². The van der Waals surface area contributed by atoms with Crippen LogP contribution in [0.2, 0.25) is 0 Å². The van der Waals surface area contributed by atoms with Gasteiger partial charge in [0.05, 0.1) is 28.0 Å². The molecule has 4 amide bonds. The van der Waals surface area contributed by atoms with Crippen molar-refractivity contribution in [2.24, 2.45) is 12.8 Å². The molecule has 0 radical (unpaired) electrons. The van der Waals surface area contributed by atoms with Crippen LogP contribution in [0, 0.1) is 19.3 Å². The monoisotopic (exact) mass is 667 g/mol. The molecule has 0 aliphatic carbocycles. The number of anilines is 2. The largest absolute Gasteiger partial charge is 0.388 e. The highest BCUT2D eigenvalue weighted by atomic mass is 35.5. The Labute approximate surface area is 272 Å². The van der Waals surface area contributed by atoms with Crippen molar-refractivity contribution in [3.63, 3.8) is 0 Å². The van der Waals surface area contributed by atoms with Crippen LogP contribution in [0.5, 0.6) is 0 Å². The molecule has 1 atom stereocenters. The Hall–Kier alpha value is -5.15. The number of hydrogen-bond donors (Lipinski definition) is 7. The van der Waals surface area contributed by atoms with Gasteiger partial charge in [-0.1, -0.05) is 12.1 Å². The van der Waals surface area contributed by atoms with E-state index in [1.807, 2.05) is 0 Å². The van der Waals surface area contributed by atoms with Gasteiger partial charge in [-0.05, 0) is 43.2 Å². The van der Waals surface area contributed by atoms with Crippen LogP contribution in [0.25, 0.3) is 11.1 Å². The third kappa shape index (κ3) is 7.55. The average molecular weight is 668 g/mol. The van der Waals surface area contributed by atoms with E-state index in [2.05, 4.69) is 26.4 Å². The van der Waals surface area contributed by atoms with E-state index < -0.39 is 28.5 Å². The van der Waals surface area contributed by atoms with Crippen LogP contribution in [0.3, 0.4) is 0 Å². The number of amidine groups is 1. The van der Waals surface area contributed by atoms with Gasteiger partial charge in [-0.15, -0.1) is 11.6 Å². The normalized spacial score (nSPS) is 11.5. The van der Waals surface area contributed by atoms with E-state index in [-0.39, 0.29) is 41.8 Å². The summed E-state index contributed by atoms with van der Waals surface area (Å²) in [5.41, 5.74) is 11.8. The first kappa shape index (κ1) is 33.7. The maximum absolute atomic E-state index is 13.5. The summed E-state index contributed by atoms with van der Waals surface area (Å²) in [6, 6.07) is 8.55. The highest BCUT2D eigenvalue weighted by Crippen LogP contribution is 2.29. The number of H-pyrrole nitrogens is 1. The third-order valence-corrected chi connectivity index (χ3v) is 8.93. The summed E-state index contributed by atoms with van der Waals surface area (Å²) in [4.78, 5) is 54.0. The van der Waals surface area contributed by atoms with Gasteiger partial charge in [0, 0.05) is 66.3 Å². The minimum atomic E-state index is -1.22. The van der Waals surface area contributed by atoms with Gasteiger partial charge in [0.2, 0.25) is 6.41 Å². The predicted molar refractivity (Wildman–Crippen MR) is 178 cm³/mol. The molecule has 8 N–H and O–H groups in total. The standard InChI is InChI=1S/C30H34ClN9O5S/c1-17-22(19-4-6-21(7-5-19)46(45)11-9-31)15-40(36-16-41)27(17)30(44)37-20-12-24(39(3)14-20)28(42)38-23-13-35-26(18(23)2)29(43)34-10-8-25(32)33/h4-7,12-16,35H,8-11H2,1-3H3,(H3,32,33)(H,34,43)(H,36,41)(H,37,44)(H,38,42). The first-order valence-corrected chi connectivity index (χ1v) is 15.9. The lowest BCUT2D eigenvalue weighted by molar-refractivity contribution is -0.106. The number of nitrogens with two attached hydrogens (primary N) is 1. The lowest BCUT2D eigenvalue weighted by Gasteiger charge is -2.08. The molecule has 4 rings (SSSR count). The third-order valence-electron chi connectivity index (χ3n) is 7.15. The SMILES string of the molecule is Cc1c(NC(=O)c2cc(NC(=O)c3c(C)c(-c4ccc(S(=O)CCCl)cc4)cn3NC=O)cn2C)c[nH]c1C(=O)NCCC(=N)N. The van der Waals surface area contributed by atoms with E-state index in [0.717, 1.165) is 5.56 Å². The minimum absolute atomic E-state index is 0.0402. The van der Waals surface area contributed by atoms with Crippen molar-refractivity contribution in [3.8, 4) is 11.1 Å². The summed E-state index contributed by atoms with van der Waals surface area (Å²) in [7, 11) is 0.422. The number of aromatic nitrogens is 3. The number of nitrogens with one attached hydrogen (secondary N) is 6. The van der Waals surface area contributed by atoms with Gasteiger partial charge >= 0.3 is 0 Å². The first-order valence-electron chi connectivity index (χ1n) is 14.0. The summed E-state index contributed by atoms with van der Waals surface area (Å²) in [5.74, 6) is -0.834. The molecule has 0 aliphatic rings. The Morgan fingerprint density at radius 3 is 2.43 bits per heavy atom. The molecule has 0 fully saturated rings. The molecule has 46 heavy (non-hydrogen) atoms. The summed E-state index contributed by atoms with van der Waals surface area (Å²) in [6.07, 6.45) is 5.36. The maximum Gasteiger partial charge on any atom is 0.274 e. The molecule has 4 aromatic rings. The number of carbonyl (C=O) groups is 4. The van der Waals surface area contributed by atoms with Crippen LogP contribution in [0.15, 0.2) is 53.8 Å². The second-order valence-electron chi connectivity index (χ2n) is 10.3. The number of rotatable bonds is 14. The number of alkyl halides is 1. The molecule has 14 nitrogen and oxygen atoms in total. The van der Waals surface area contributed by atoms with Crippen LogP contribution < -0.4 is 27.1 Å². The fraction of sp³-hybridized carbons (Fsp3) is 0.233. The van der Waals surface area contributed by atoms with Crippen molar-refractivity contribution < 1.29 is 23.4 Å².